The number of piperidine rings is 1. The molecule has 200 valence electrons. The monoisotopic (exact) mass is 556 g/mol. The van der Waals surface area contributed by atoms with Crippen molar-refractivity contribution in [3.05, 3.63) is 40.7 Å². The number of amides is 3. The SMILES string of the molecule is Cc1nc(C(F)(F)F)cc(-c2ccnc3cc(CN4C(=O)C5C(C4=O)C5(C)C)sc23)c1NC(=O)C(F)(F)F. The number of likely N-dealkylation sites (tertiary alicyclic amines) is 1. The van der Waals surface area contributed by atoms with Gasteiger partial charge in [-0.15, -0.1) is 11.3 Å². The third-order valence-electron chi connectivity index (χ3n) is 6.95. The normalized spacial score (nSPS) is 20.7. The van der Waals surface area contributed by atoms with Crippen LogP contribution in [-0.4, -0.2) is 38.8 Å². The molecular formula is C24H18F6N4O3S. The largest absolute Gasteiger partial charge is 0.471 e. The van der Waals surface area contributed by atoms with Crippen LogP contribution in [-0.2, 0) is 27.1 Å². The highest BCUT2D eigenvalue weighted by Gasteiger charge is 2.72. The Labute approximate surface area is 214 Å². The summed E-state index contributed by atoms with van der Waals surface area (Å²) in [6.07, 6.45) is -8.94. The van der Waals surface area contributed by atoms with E-state index in [-0.39, 0.29) is 29.5 Å². The van der Waals surface area contributed by atoms with Crippen molar-refractivity contribution < 1.29 is 40.7 Å². The van der Waals surface area contributed by atoms with Crippen LogP contribution < -0.4 is 5.32 Å². The third-order valence-corrected chi connectivity index (χ3v) is 8.09. The summed E-state index contributed by atoms with van der Waals surface area (Å²) in [5.74, 6) is -3.75. The molecule has 3 aromatic rings. The van der Waals surface area contributed by atoms with Gasteiger partial charge in [0.1, 0.15) is 5.69 Å². The van der Waals surface area contributed by atoms with Crippen LogP contribution in [0.5, 0.6) is 0 Å². The fraction of sp³-hybridized carbons (Fsp3) is 0.375. The molecule has 2 unspecified atom stereocenters. The molecule has 1 aliphatic heterocycles. The maximum atomic E-state index is 13.5. The standard InChI is InChI=1S/C24H18F6N4O3S/c1-9-17(33-21(37)24(28,29)30)12(7-14(32-9)23(25,26)27)11-4-5-31-13-6-10(38-18(11)13)8-34-19(35)15-16(20(34)36)22(15,2)3/h4-7,15-16H,8H2,1-3H3,(H,33,37). The number of carbonyl (C=O) groups excluding carboxylic acids is 3. The van der Waals surface area contributed by atoms with Crippen molar-refractivity contribution in [3.8, 4) is 11.1 Å². The lowest BCUT2D eigenvalue weighted by Crippen LogP contribution is -2.35. The Kier molecular flexibility index (Phi) is 5.64. The molecule has 3 aromatic heterocycles. The van der Waals surface area contributed by atoms with Gasteiger partial charge >= 0.3 is 18.3 Å². The van der Waals surface area contributed by atoms with Gasteiger partial charge in [-0.2, -0.15) is 26.3 Å². The second kappa shape index (κ2) is 8.22. The predicted molar refractivity (Wildman–Crippen MR) is 124 cm³/mol. The quantitative estimate of drug-likeness (QED) is 0.347. The van der Waals surface area contributed by atoms with E-state index in [0.717, 1.165) is 23.2 Å². The van der Waals surface area contributed by atoms with Gasteiger partial charge < -0.3 is 5.32 Å². The van der Waals surface area contributed by atoms with Crippen molar-refractivity contribution in [2.45, 2.75) is 39.7 Å². The highest BCUT2D eigenvalue weighted by Crippen LogP contribution is 2.63. The number of hydrogen-bond donors (Lipinski definition) is 1. The number of nitrogens with one attached hydrogen (secondary N) is 1. The van der Waals surface area contributed by atoms with E-state index in [4.69, 9.17) is 0 Å². The van der Waals surface area contributed by atoms with Gasteiger partial charge in [0.05, 0.1) is 40.0 Å². The van der Waals surface area contributed by atoms with Gasteiger partial charge in [0.15, 0.2) is 0 Å². The summed E-state index contributed by atoms with van der Waals surface area (Å²) >= 11 is 1.03. The van der Waals surface area contributed by atoms with Crippen molar-refractivity contribution in [1.82, 2.24) is 14.9 Å². The molecule has 3 amide bonds. The molecule has 2 aliphatic rings. The van der Waals surface area contributed by atoms with Crippen LogP contribution in [0.4, 0.5) is 32.0 Å². The molecule has 4 heterocycles. The first kappa shape index (κ1) is 26.1. The molecule has 38 heavy (non-hydrogen) atoms. The van der Waals surface area contributed by atoms with Gasteiger partial charge in [-0.1, -0.05) is 13.8 Å². The zero-order valence-corrected chi connectivity index (χ0v) is 20.7. The number of halogens is 6. The van der Waals surface area contributed by atoms with E-state index in [0.29, 0.717) is 21.2 Å². The number of fused-ring (bicyclic) bond motifs is 2. The van der Waals surface area contributed by atoms with Gasteiger partial charge in [-0.05, 0) is 30.5 Å². The predicted octanol–water partition coefficient (Wildman–Crippen LogP) is 5.33. The van der Waals surface area contributed by atoms with E-state index in [9.17, 15) is 40.7 Å². The number of hydrogen-bond acceptors (Lipinski definition) is 6. The fourth-order valence-electron chi connectivity index (χ4n) is 4.97. The second-order valence-corrected chi connectivity index (χ2v) is 10.9. The van der Waals surface area contributed by atoms with Crippen LogP contribution in [0.25, 0.3) is 21.3 Å². The minimum atomic E-state index is -5.29. The number of thiophene rings is 1. The number of carbonyl (C=O) groups is 3. The van der Waals surface area contributed by atoms with Gasteiger partial charge in [0.2, 0.25) is 11.8 Å². The number of aryl methyl sites for hydroxylation is 1. The summed E-state index contributed by atoms with van der Waals surface area (Å²) in [4.78, 5) is 46.3. The van der Waals surface area contributed by atoms with Crippen LogP contribution >= 0.6 is 11.3 Å². The Morgan fingerprint density at radius 1 is 1.08 bits per heavy atom. The number of rotatable bonds is 4. The number of alkyl halides is 6. The van der Waals surface area contributed by atoms with Crippen molar-refractivity contribution in [2.75, 3.05) is 5.32 Å². The molecule has 2 fully saturated rings. The lowest BCUT2D eigenvalue weighted by molar-refractivity contribution is -0.167. The topological polar surface area (TPSA) is 92.3 Å². The van der Waals surface area contributed by atoms with Crippen LogP contribution in [0.3, 0.4) is 0 Å². The lowest BCUT2D eigenvalue weighted by atomic mass is 10.0. The summed E-state index contributed by atoms with van der Waals surface area (Å²) in [6.45, 7) is 4.67. The molecule has 0 radical (unpaired) electrons. The van der Waals surface area contributed by atoms with E-state index < -0.39 is 52.6 Å². The Hall–Kier alpha value is -3.55. The molecule has 1 saturated heterocycles. The second-order valence-electron chi connectivity index (χ2n) is 9.79. The molecule has 5 rings (SSSR count). The molecule has 1 N–H and O–H groups in total. The van der Waals surface area contributed by atoms with Gasteiger partial charge in [-0.25, -0.2) is 4.98 Å². The molecule has 1 aliphatic carbocycles. The number of pyridine rings is 2. The van der Waals surface area contributed by atoms with E-state index in [1.807, 2.05) is 13.8 Å². The van der Waals surface area contributed by atoms with Crippen molar-refractivity contribution >= 4 is 45.0 Å². The summed E-state index contributed by atoms with van der Waals surface area (Å²) in [5.41, 5.74) is -2.72. The molecule has 1 saturated carbocycles. The fourth-order valence-corrected chi connectivity index (χ4v) is 6.10. The number of nitrogens with zero attached hydrogens (tertiary/aromatic N) is 3. The summed E-state index contributed by atoms with van der Waals surface area (Å²) in [6, 6.07) is 3.44. The van der Waals surface area contributed by atoms with Crippen LogP contribution in [0.15, 0.2) is 24.4 Å². The molecule has 0 bridgehead atoms. The summed E-state index contributed by atoms with van der Waals surface area (Å²) < 4.78 is 79.9. The maximum Gasteiger partial charge on any atom is 0.471 e. The Morgan fingerprint density at radius 2 is 1.71 bits per heavy atom. The molecule has 0 aromatic carbocycles. The number of imide groups is 1. The minimum absolute atomic E-state index is 0.0674. The van der Waals surface area contributed by atoms with Crippen molar-refractivity contribution in [1.29, 1.82) is 0 Å². The smallest absolute Gasteiger partial charge is 0.316 e. The average Bonchev–Trinajstić information content (AvgIpc) is 3.05. The van der Waals surface area contributed by atoms with E-state index in [2.05, 4.69) is 9.97 Å². The summed E-state index contributed by atoms with van der Waals surface area (Å²) in [5, 5.41) is 1.65. The van der Waals surface area contributed by atoms with Crippen LogP contribution in [0.2, 0.25) is 0 Å². The Morgan fingerprint density at radius 3 is 2.29 bits per heavy atom. The average molecular weight is 556 g/mol. The van der Waals surface area contributed by atoms with Gasteiger partial charge in [-0.3, -0.25) is 24.3 Å². The molecule has 7 nitrogen and oxygen atoms in total. The van der Waals surface area contributed by atoms with E-state index in [1.54, 1.807) is 11.4 Å². The van der Waals surface area contributed by atoms with Crippen LogP contribution in [0, 0.1) is 24.2 Å². The first-order valence-electron chi connectivity index (χ1n) is 11.2. The minimum Gasteiger partial charge on any atom is -0.316 e. The zero-order chi connectivity index (χ0) is 27.9. The van der Waals surface area contributed by atoms with Crippen molar-refractivity contribution in [3.63, 3.8) is 0 Å². The van der Waals surface area contributed by atoms with Gasteiger partial charge in [0, 0.05) is 22.2 Å². The first-order chi connectivity index (χ1) is 17.5. The highest BCUT2D eigenvalue weighted by molar-refractivity contribution is 7.19. The van der Waals surface area contributed by atoms with Crippen molar-refractivity contribution in [2.24, 2.45) is 17.3 Å². The molecular weight excluding hydrogens is 538 g/mol. The number of anilines is 1. The van der Waals surface area contributed by atoms with E-state index >= 15 is 0 Å². The van der Waals surface area contributed by atoms with Crippen LogP contribution in [0.1, 0.15) is 30.1 Å². The summed E-state index contributed by atoms with van der Waals surface area (Å²) in [7, 11) is 0. The first-order valence-corrected chi connectivity index (χ1v) is 12.0. The van der Waals surface area contributed by atoms with E-state index in [1.165, 1.54) is 12.3 Å². The van der Waals surface area contributed by atoms with Gasteiger partial charge in [0.25, 0.3) is 0 Å². The maximum absolute atomic E-state index is 13.5. The Balaban J connectivity index is 1.58. The lowest BCUT2D eigenvalue weighted by Gasteiger charge is -2.19. The number of aromatic nitrogens is 2. The molecule has 2 atom stereocenters. The zero-order valence-electron chi connectivity index (χ0n) is 19.9. The Bertz CT molecular complexity index is 1500. The third kappa shape index (κ3) is 4.10. The molecule has 14 heteroatoms. The highest BCUT2D eigenvalue weighted by atomic mass is 32.1. The molecule has 0 spiro atoms.